The molecule has 0 aliphatic carbocycles. The van der Waals surface area contributed by atoms with Crippen LogP contribution in [0.25, 0.3) is 0 Å². The van der Waals surface area contributed by atoms with Gasteiger partial charge in [-0.05, 0) is 17.7 Å². The third kappa shape index (κ3) is 5.26. The van der Waals surface area contributed by atoms with Crippen LogP contribution < -0.4 is 14.8 Å². The van der Waals surface area contributed by atoms with Crippen molar-refractivity contribution in [2.45, 2.75) is 6.54 Å². The van der Waals surface area contributed by atoms with E-state index in [0.29, 0.717) is 6.61 Å². The largest absolute Gasteiger partial charge is 0.493 e. The second-order valence-corrected chi connectivity index (χ2v) is 3.36. The zero-order chi connectivity index (χ0) is 11.8. The van der Waals surface area contributed by atoms with Crippen LogP contribution in [0.5, 0.6) is 11.5 Å². The Labute approximate surface area is 109 Å². The number of rotatable bonds is 7. The zero-order valence-corrected chi connectivity index (χ0v) is 11.3. The molecule has 0 spiro atoms. The molecule has 0 amide bonds. The van der Waals surface area contributed by atoms with E-state index in [-0.39, 0.29) is 12.4 Å². The molecule has 98 valence electrons. The molecule has 0 atom stereocenters. The Hall–Kier alpha value is -0.970. The molecule has 4 nitrogen and oxygen atoms in total. The van der Waals surface area contributed by atoms with Crippen molar-refractivity contribution in [3.05, 3.63) is 23.8 Å². The molecule has 0 unspecified atom stereocenters. The fourth-order valence-corrected chi connectivity index (χ4v) is 1.40. The van der Waals surface area contributed by atoms with Crippen LogP contribution in [0.3, 0.4) is 0 Å². The van der Waals surface area contributed by atoms with Gasteiger partial charge in [0.2, 0.25) is 0 Å². The van der Waals surface area contributed by atoms with Gasteiger partial charge in [-0.1, -0.05) is 6.07 Å². The maximum atomic E-state index is 5.23. The average Bonchev–Trinajstić information content (AvgIpc) is 2.34. The highest BCUT2D eigenvalue weighted by Crippen LogP contribution is 2.27. The van der Waals surface area contributed by atoms with Gasteiger partial charge in [0.1, 0.15) is 0 Å². The number of benzene rings is 1. The first-order valence-corrected chi connectivity index (χ1v) is 5.22. The van der Waals surface area contributed by atoms with Gasteiger partial charge in [0.05, 0.1) is 20.8 Å². The molecule has 0 radical (unpaired) electrons. The summed E-state index contributed by atoms with van der Waals surface area (Å²) in [5.74, 6) is 1.51. The van der Waals surface area contributed by atoms with E-state index in [1.165, 1.54) is 0 Å². The van der Waals surface area contributed by atoms with Crippen LogP contribution in [0.4, 0.5) is 0 Å². The van der Waals surface area contributed by atoms with Crippen LogP contribution in [0, 0.1) is 0 Å². The molecule has 0 aliphatic heterocycles. The summed E-state index contributed by atoms with van der Waals surface area (Å²) in [4.78, 5) is 0. The van der Waals surface area contributed by atoms with Gasteiger partial charge in [0, 0.05) is 20.2 Å². The fraction of sp³-hybridized carbons (Fsp3) is 0.500. The topological polar surface area (TPSA) is 39.7 Å². The summed E-state index contributed by atoms with van der Waals surface area (Å²) in [7, 11) is 4.96. The number of halogens is 1. The van der Waals surface area contributed by atoms with Crippen molar-refractivity contribution < 1.29 is 14.2 Å². The molecule has 0 bridgehead atoms. The first-order valence-electron chi connectivity index (χ1n) is 5.22. The SMILES string of the molecule is COCCNCc1ccc(OC)c(OC)c1.Cl. The maximum Gasteiger partial charge on any atom is 0.161 e. The van der Waals surface area contributed by atoms with Gasteiger partial charge in [0.15, 0.2) is 11.5 Å². The minimum absolute atomic E-state index is 0. The monoisotopic (exact) mass is 261 g/mol. The summed E-state index contributed by atoms with van der Waals surface area (Å²) in [6.45, 7) is 2.35. The van der Waals surface area contributed by atoms with Gasteiger partial charge < -0.3 is 19.5 Å². The van der Waals surface area contributed by atoms with Crippen molar-refractivity contribution >= 4 is 12.4 Å². The Bertz CT molecular complexity index is 321. The van der Waals surface area contributed by atoms with Crippen LogP contribution in [-0.2, 0) is 11.3 Å². The third-order valence-electron chi connectivity index (χ3n) is 2.26. The summed E-state index contributed by atoms with van der Waals surface area (Å²) in [5, 5.41) is 3.27. The molecular weight excluding hydrogens is 242 g/mol. The van der Waals surface area contributed by atoms with E-state index in [4.69, 9.17) is 14.2 Å². The molecule has 1 N–H and O–H groups in total. The fourth-order valence-electron chi connectivity index (χ4n) is 1.40. The first-order chi connectivity index (χ1) is 7.81. The van der Waals surface area contributed by atoms with Crippen LogP contribution in [0.2, 0.25) is 0 Å². The van der Waals surface area contributed by atoms with Crippen molar-refractivity contribution in [1.82, 2.24) is 5.32 Å². The van der Waals surface area contributed by atoms with Crippen LogP contribution in [0.1, 0.15) is 5.56 Å². The maximum absolute atomic E-state index is 5.23. The average molecular weight is 262 g/mol. The van der Waals surface area contributed by atoms with Gasteiger partial charge in [-0.15, -0.1) is 12.4 Å². The molecule has 0 saturated carbocycles. The quantitative estimate of drug-likeness (QED) is 0.761. The zero-order valence-electron chi connectivity index (χ0n) is 10.5. The first kappa shape index (κ1) is 16.0. The van der Waals surface area contributed by atoms with Crippen molar-refractivity contribution in [3.8, 4) is 11.5 Å². The summed E-state index contributed by atoms with van der Waals surface area (Å²) < 4.78 is 15.3. The summed E-state index contributed by atoms with van der Waals surface area (Å²) in [5.41, 5.74) is 1.16. The van der Waals surface area contributed by atoms with Crippen molar-refractivity contribution in [2.75, 3.05) is 34.5 Å². The predicted molar refractivity (Wildman–Crippen MR) is 70.4 cm³/mol. The molecule has 0 saturated heterocycles. The molecule has 1 aromatic rings. The number of ether oxygens (including phenoxy) is 3. The second kappa shape index (κ2) is 9.10. The van der Waals surface area contributed by atoms with E-state index >= 15 is 0 Å². The lowest BCUT2D eigenvalue weighted by molar-refractivity contribution is 0.199. The van der Waals surface area contributed by atoms with Gasteiger partial charge >= 0.3 is 0 Å². The van der Waals surface area contributed by atoms with Crippen molar-refractivity contribution in [3.63, 3.8) is 0 Å². The number of hydrogen-bond acceptors (Lipinski definition) is 4. The molecule has 1 rings (SSSR count). The Morgan fingerprint density at radius 1 is 1.06 bits per heavy atom. The smallest absolute Gasteiger partial charge is 0.161 e. The number of nitrogens with one attached hydrogen (secondary N) is 1. The highest BCUT2D eigenvalue weighted by molar-refractivity contribution is 5.85. The summed E-state index contributed by atoms with van der Waals surface area (Å²) in [6, 6.07) is 5.89. The minimum Gasteiger partial charge on any atom is -0.493 e. The van der Waals surface area contributed by atoms with Crippen molar-refractivity contribution in [2.24, 2.45) is 0 Å². The lowest BCUT2D eigenvalue weighted by Gasteiger charge is -2.10. The van der Waals surface area contributed by atoms with Crippen LogP contribution >= 0.6 is 12.4 Å². The van der Waals surface area contributed by atoms with Crippen molar-refractivity contribution in [1.29, 1.82) is 0 Å². The number of hydrogen-bond donors (Lipinski definition) is 1. The molecule has 0 aliphatic rings. The van der Waals surface area contributed by atoms with Crippen LogP contribution in [0.15, 0.2) is 18.2 Å². The Kier molecular flexibility index (Phi) is 8.58. The van der Waals surface area contributed by atoms with E-state index in [0.717, 1.165) is 30.2 Å². The molecule has 5 heteroatoms. The van der Waals surface area contributed by atoms with Gasteiger partial charge in [0.25, 0.3) is 0 Å². The van der Waals surface area contributed by atoms with Gasteiger partial charge in [-0.25, -0.2) is 0 Å². The Morgan fingerprint density at radius 3 is 2.35 bits per heavy atom. The highest BCUT2D eigenvalue weighted by Gasteiger charge is 2.03. The molecular formula is C12H20ClNO3. The summed E-state index contributed by atoms with van der Waals surface area (Å²) in [6.07, 6.45) is 0. The van der Waals surface area contributed by atoms with E-state index in [1.54, 1.807) is 21.3 Å². The van der Waals surface area contributed by atoms with E-state index in [9.17, 15) is 0 Å². The Balaban J connectivity index is 0.00000256. The molecule has 17 heavy (non-hydrogen) atoms. The normalized spacial score (nSPS) is 9.59. The number of methoxy groups -OCH3 is 3. The third-order valence-corrected chi connectivity index (χ3v) is 2.26. The van der Waals surface area contributed by atoms with Gasteiger partial charge in [-0.3, -0.25) is 0 Å². The van der Waals surface area contributed by atoms with E-state index in [1.807, 2.05) is 18.2 Å². The molecule has 1 aromatic carbocycles. The highest BCUT2D eigenvalue weighted by atomic mass is 35.5. The van der Waals surface area contributed by atoms with E-state index in [2.05, 4.69) is 5.32 Å². The lowest BCUT2D eigenvalue weighted by atomic mass is 10.2. The molecule has 0 fully saturated rings. The molecule has 0 aromatic heterocycles. The van der Waals surface area contributed by atoms with Gasteiger partial charge in [-0.2, -0.15) is 0 Å². The summed E-state index contributed by atoms with van der Waals surface area (Å²) >= 11 is 0. The minimum atomic E-state index is 0. The lowest BCUT2D eigenvalue weighted by Crippen LogP contribution is -2.18. The predicted octanol–water partition coefficient (Wildman–Crippen LogP) is 1.86. The Morgan fingerprint density at radius 2 is 1.76 bits per heavy atom. The molecule has 0 heterocycles. The van der Waals surface area contributed by atoms with Crippen LogP contribution in [-0.4, -0.2) is 34.5 Å². The second-order valence-electron chi connectivity index (χ2n) is 3.36. The standard InChI is InChI=1S/C12H19NO3.ClH/c1-14-7-6-13-9-10-4-5-11(15-2)12(8-10)16-3;/h4-5,8,13H,6-7,9H2,1-3H3;1H. The van der Waals surface area contributed by atoms with E-state index < -0.39 is 0 Å².